The summed E-state index contributed by atoms with van der Waals surface area (Å²) in [6.45, 7) is 0.394. The molecular weight excluding hydrogens is 294 g/mol. The molecule has 0 radical (unpaired) electrons. The van der Waals surface area contributed by atoms with E-state index in [0.717, 1.165) is 43.2 Å². The van der Waals surface area contributed by atoms with E-state index in [4.69, 9.17) is 4.52 Å². The standard InChI is InChI=1S/C13H19N3O4S/c1-21(18,19)16-8-4-7-11(16)12(17)14-13-9-5-2-3-6-10(9)15-20-13/h11H,2-8H2,1H3,(H,14,17). The second-order valence-electron chi connectivity index (χ2n) is 5.67. The molecule has 0 bridgehead atoms. The Hall–Kier alpha value is -1.41. The fourth-order valence-electron chi connectivity index (χ4n) is 3.08. The first-order valence-corrected chi connectivity index (χ1v) is 9.07. The maximum atomic E-state index is 12.4. The molecule has 3 rings (SSSR count). The zero-order chi connectivity index (χ0) is 15.0. The number of anilines is 1. The summed E-state index contributed by atoms with van der Waals surface area (Å²) in [5.41, 5.74) is 1.86. The van der Waals surface area contributed by atoms with Crippen molar-refractivity contribution in [3.05, 3.63) is 11.3 Å². The van der Waals surface area contributed by atoms with Crippen LogP contribution in [0.25, 0.3) is 0 Å². The Morgan fingerprint density at radius 3 is 2.86 bits per heavy atom. The third kappa shape index (κ3) is 2.82. The monoisotopic (exact) mass is 313 g/mol. The molecular formula is C13H19N3O4S. The molecule has 0 aromatic carbocycles. The highest BCUT2D eigenvalue weighted by Gasteiger charge is 2.37. The van der Waals surface area contributed by atoms with Gasteiger partial charge in [-0.15, -0.1) is 0 Å². The molecule has 1 atom stereocenters. The van der Waals surface area contributed by atoms with Crippen molar-refractivity contribution in [3.63, 3.8) is 0 Å². The average molecular weight is 313 g/mol. The van der Waals surface area contributed by atoms with Gasteiger partial charge in [0.1, 0.15) is 6.04 Å². The van der Waals surface area contributed by atoms with Gasteiger partial charge in [0.25, 0.3) is 0 Å². The zero-order valence-corrected chi connectivity index (χ0v) is 12.8. The molecule has 0 saturated carbocycles. The van der Waals surface area contributed by atoms with Gasteiger partial charge >= 0.3 is 0 Å². The van der Waals surface area contributed by atoms with E-state index in [2.05, 4.69) is 10.5 Å². The van der Waals surface area contributed by atoms with Crippen LogP contribution in [-0.4, -0.2) is 42.6 Å². The van der Waals surface area contributed by atoms with Crippen LogP contribution in [0.5, 0.6) is 0 Å². The summed E-state index contributed by atoms with van der Waals surface area (Å²) in [4.78, 5) is 12.4. The van der Waals surface area contributed by atoms with Gasteiger partial charge in [-0.25, -0.2) is 8.42 Å². The highest BCUT2D eigenvalue weighted by molar-refractivity contribution is 7.88. The van der Waals surface area contributed by atoms with Gasteiger partial charge in [-0.05, 0) is 38.5 Å². The summed E-state index contributed by atoms with van der Waals surface area (Å²) in [5.74, 6) is 0.0532. The van der Waals surface area contributed by atoms with E-state index in [-0.39, 0.29) is 5.91 Å². The molecule has 2 heterocycles. The van der Waals surface area contributed by atoms with Gasteiger partial charge in [0.05, 0.1) is 11.9 Å². The number of sulfonamides is 1. The van der Waals surface area contributed by atoms with Crippen molar-refractivity contribution < 1.29 is 17.7 Å². The lowest BCUT2D eigenvalue weighted by Gasteiger charge is -2.21. The molecule has 1 amide bonds. The number of carbonyl (C=O) groups excluding carboxylic acids is 1. The molecule has 2 aliphatic rings. The van der Waals surface area contributed by atoms with Crippen LogP contribution in [0.4, 0.5) is 5.88 Å². The van der Waals surface area contributed by atoms with E-state index in [0.29, 0.717) is 25.3 Å². The number of amides is 1. The van der Waals surface area contributed by atoms with Gasteiger partial charge in [0, 0.05) is 12.1 Å². The number of hydrogen-bond acceptors (Lipinski definition) is 5. The van der Waals surface area contributed by atoms with Gasteiger partial charge in [0.15, 0.2) is 0 Å². The Morgan fingerprint density at radius 1 is 1.33 bits per heavy atom. The van der Waals surface area contributed by atoms with E-state index in [1.807, 2.05) is 0 Å². The second-order valence-corrected chi connectivity index (χ2v) is 7.60. The fraction of sp³-hybridized carbons (Fsp3) is 0.692. The van der Waals surface area contributed by atoms with Crippen LogP contribution in [0.1, 0.15) is 36.9 Å². The van der Waals surface area contributed by atoms with Crippen molar-refractivity contribution in [2.45, 2.75) is 44.6 Å². The lowest BCUT2D eigenvalue weighted by molar-refractivity contribution is -0.119. The highest BCUT2D eigenvalue weighted by Crippen LogP contribution is 2.29. The molecule has 1 fully saturated rings. The van der Waals surface area contributed by atoms with E-state index in [1.54, 1.807) is 0 Å². The summed E-state index contributed by atoms with van der Waals surface area (Å²) in [6.07, 6.45) is 6.21. The Kier molecular flexibility index (Phi) is 3.75. The molecule has 1 aromatic rings. The van der Waals surface area contributed by atoms with Crippen molar-refractivity contribution in [3.8, 4) is 0 Å². The topological polar surface area (TPSA) is 92.5 Å². The van der Waals surface area contributed by atoms with Gasteiger partial charge < -0.3 is 4.52 Å². The van der Waals surface area contributed by atoms with E-state index < -0.39 is 16.1 Å². The van der Waals surface area contributed by atoms with Crippen molar-refractivity contribution in [2.75, 3.05) is 18.1 Å². The number of fused-ring (bicyclic) bond motifs is 1. The van der Waals surface area contributed by atoms with Crippen LogP contribution in [0.3, 0.4) is 0 Å². The Morgan fingerprint density at radius 2 is 2.10 bits per heavy atom. The summed E-state index contributed by atoms with van der Waals surface area (Å²) in [5, 5.41) is 6.70. The number of carbonyl (C=O) groups is 1. The Bertz CT molecular complexity index is 652. The van der Waals surface area contributed by atoms with Gasteiger partial charge in [0.2, 0.25) is 21.8 Å². The maximum Gasteiger partial charge on any atom is 0.245 e. The van der Waals surface area contributed by atoms with Crippen molar-refractivity contribution in [1.29, 1.82) is 0 Å². The number of aryl methyl sites for hydroxylation is 1. The molecule has 1 unspecified atom stereocenters. The molecule has 1 N–H and O–H groups in total. The summed E-state index contributed by atoms with van der Waals surface area (Å²) in [7, 11) is -3.37. The molecule has 1 aliphatic carbocycles. The van der Waals surface area contributed by atoms with Crippen molar-refractivity contribution >= 4 is 21.8 Å². The summed E-state index contributed by atoms with van der Waals surface area (Å²) in [6, 6.07) is -0.649. The van der Waals surface area contributed by atoms with Crippen LogP contribution in [-0.2, 0) is 27.7 Å². The minimum absolute atomic E-state index is 0.331. The average Bonchev–Trinajstić information content (AvgIpc) is 3.05. The van der Waals surface area contributed by atoms with E-state index in [1.165, 1.54) is 4.31 Å². The lowest BCUT2D eigenvalue weighted by Crippen LogP contribution is -2.42. The van der Waals surface area contributed by atoms with Gasteiger partial charge in [-0.3, -0.25) is 10.1 Å². The molecule has 7 nitrogen and oxygen atoms in total. The fourth-order valence-corrected chi connectivity index (χ4v) is 4.21. The smallest absolute Gasteiger partial charge is 0.245 e. The quantitative estimate of drug-likeness (QED) is 0.895. The number of hydrogen-bond donors (Lipinski definition) is 1. The minimum Gasteiger partial charge on any atom is -0.338 e. The molecule has 8 heteroatoms. The minimum atomic E-state index is -3.37. The summed E-state index contributed by atoms with van der Waals surface area (Å²) >= 11 is 0. The second kappa shape index (κ2) is 5.42. The molecule has 116 valence electrons. The predicted molar refractivity (Wildman–Crippen MR) is 76.3 cm³/mol. The lowest BCUT2D eigenvalue weighted by atomic mass is 9.97. The molecule has 21 heavy (non-hydrogen) atoms. The van der Waals surface area contributed by atoms with E-state index in [9.17, 15) is 13.2 Å². The van der Waals surface area contributed by atoms with Crippen LogP contribution in [0, 0.1) is 0 Å². The van der Waals surface area contributed by atoms with E-state index >= 15 is 0 Å². The molecule has 1 aromatic heterocycles. The zero-order valence-electron chi connectivity index (χ0n) is 12.0. The number of nitrogens with one attached hydrogen (secondary N) is 1. The van der Waals surface area contributed by atoms with Gasteiger partial charge in [-0.2, -0.15) is 4.31 Å². The largest absolute Gasteiger partial charge is 0.338 e. The first-order chi connectivity index (χ1) is 9.97. The first-order valence-electron chi connectivity index (χ1n) is 7.22. The van der Waals surface area contributed by atoms with Gasteiger partial charge in [-0.1, -0.05) is 5.16 Å². The van der Waals surface area contributed by atoms with Crippen LogP contribution >= 0.6 is 0 Å². The predicted octanol–water partition coefficient (Wildman–Crippen LogP) is 0.916. The van der Waals surface area contributed by atoms with Crippen LogP contribution < -0.4 is 5.32 Å². The highest BCUT2D eigenvalue weighted by atomic mass is 32.2. The maximum absolute atomic E-state index is 12.4. The van der Waals surface area contributed by atoms with Crippen molar-refractivity contribution in [2.24, 2.45) is 0 Å². The third-order valence-corrected chi connectivity index (χ3v) is 5.42. The molecule has 1 aliphatic heterocycles. The molecule has 1 saturated heterocycles. The third-order valence-electron chi connectivity index (χ3n) is 4.13. The number of aromatic nitrogens is 1. The summed E-state index contributed by atoms with van der Waals surface area (Å²) < 4.78 is 29.9. The SMILES string of the molecule is CS(=O)(=O)N1CCCC1C(=O)Nc1onc2c1CCCC2. The normalized spacial score (nSPS) is 23.0. The molecule has 0 spiro atoms. The first kappa shape index (κ1) is 14.5. The number of rotatable bonds is 3. The Labute approximate surface area is 123 Å². The van der Waals surface area contributed by atoms with Crippen LogP contribution in [0.15, 0.2) is 4.52 Å². The Balaban J connectivity index is 1.76. The number of nitrogens with zero attached hydrogens (tertiary/aromatic N) is 2. The van der Waals surface area contributed by atoms with Crippen LogP contribution in [0.2, 0.25) is 0 Å². The van der Waals surface area contributed by atoms with Crippen molar-refractivity contribution in [1.82, 2.24) is 9.46 Å².